The zero-order valence-corrected chi connectivity index (χ0v) is 10.7. The second-order valence-electron chi connectivity index (χ2n) is 4.39. The predicted octanol–water partition coefficient (Wildman–Crippen LogP) is 0.869. The predicted molar refractivity (Wildman–Crippen MR) is 64.3 cm³/mol. The van der Waals surface area contributed by atoms with E-state index in [4.69, 9.17) is 4.74 Å². The third kappa shape index (κ3) is 4.49. The molecule has 0 aromatic carbocycles. The summed E-state index contributed by atoms with van der Waals surface area (Å²) in [5.41, 5.74) is 0. The molecule has 1 aliphatic rings. The van der Waals surface area contributed by atoms with Gasteiger partial charge >= 0.3 is 5.97 Å². The molecular formula is C12H24N2O2. The first-order valence-corrected chi connectivity index (χ1v) is 6.27. The van der Waals surface area contributed by atoms with Gasteiger partial charge in [-0.05, 0) is 39.3 Å². The van der Waals surface area contributed by atoms with Gasteiger partial charge in [-0.1, -0.05) is 6.92 Å². The number of likely N-dealkylation sites (N-methyl/N-ethyl adjacent to an activating group) is 2. The van der Waals surface area contributed by atoms with Crippen molar-refractivity contribution >= 4 is 5.97 Å². The summed E-state index contributed by atoms with van der Waals surface area (Å²) < 4.78 is 5.03. The van der Waals surface area contributed by atoms with Gasteiger partial charge in [0.15, 0.2) is 0 Å². The fourth-order valence-corrected chi connectivity index (χ4v) is 1.78. The average Bonchev–Trinajstić information content (AvgIpc) is 3.08. The van der Waals surface area contributed by atoms with Gasteiger partial charge in [0.2, 0.25) is 0 Å². The third-order valence-corrected chi connectivity index (χ3v) is 3.02. The average molecular weight is 228 g/mol. The van der Waals surface area contributed by atoms with E-state index in [1.807, 2.05) is 14.0 Å². The van der Waals surface area contributed by atoms with Gasteiger partial charge in [-0.15, -0.1) is 0 Å². The van der Waals surface area contributed by atoms with Crippen LogP contribution in [-0.2, 0) is 9.53 Å². The monoisotopic (exact) mass is 228 g/mol. The van der Waals surface area contributed by atoms with Gasteiger partial charge in [0.25, 0.3) is 0 Å². The molecular weight excluding hydrogens is 204 g/mol. The Balaban J connectivity index is 2.35. The smallest absolute Gasteiger partial charge is 0.324 e. The van der Waals surface area contributed by atoms with Crippen molar-refractivity contribution in [1.82, 2.24) is 10.2 Å². The fourth-order valence-electron chi connectivity index (χ4n) is 1.78. The van der Waals surface area contributed by atoms with Gasteiger partial charge in [-0.3, -0.25) is 4.79 Å². The van der Waals surface area contributed by atoms with Crippen LogP contribution in [0.3, 0.4) is 0 Å². The Morgan fingerprint density at radius 1 is 1.50 bits per heavy atom. The molecule has 1 N–H and O–H groups in total. The maximum atomic E-state index is 11.6. The van der Waals surface area contributed by atoms with Crippen molar-refractivity contribution in [3.63, 3.8) is 0 Å². The molecule has 0 saturated heterocycles. The normalized spacial score (nSPS) is 17.5. The van der Waals surface area contributed by atoms with E-state index in [1.54, 1.807) is 0 Å². The van der Waals surface area contributed by atoms with Crippen LogP contribution in [0.2, 0.25) is 0 Å². The maximum Gasteiger partial charge on any atom is 0.324 e. The number of ether oxygens (including phenoxy) is 1. The minimum atomic E-state index is -0.196. The molecule has 1 atom stereocenters. The van der Waals surface area contributed by atoms with Crippen molar-refractivity contribution < 1.29 is 9.53 Å². The lowest BCUT2D eigenvalue weighted by molar-refractivity contribution is -0.146. The third-order valence-electron chi connectivity index (χ3n) is 3.02. The van der Waals surface area contributed by atoms with Crippen LogP contribution in [0, 0.1) is 5.92 Å². The molecule has 1 fully saturated rings. The molecule has 4 heteroatoms. The van der Waals surface area contributed by atoms with Crippen LogP contribution in [-0.4, -0.2) is 50.2 Å². The lowest BCUT2D eigenvalue weighted by atomic mass is 10.2. The van der Waals surface area contributed by atoms with E-state index in [0.717, 1.165) is 25.6 Å². The minimum absolute atomic E-state index is 0.140. The van der Waals surface area contributed by atoms with Gasteiger partial charge in [-0.25, -0.2) is 0 Å². The number of esters is 1. The number of hydrogen-bond donors (Lipinski definition) is 1. The number of rotatable bonds is 8. The van der Waals surface area contributed by atoms with Gasteiger partial charge in [-0.2, -0.15) is 0 Å². The number of nitrogens with one attached hydrogen (secondary N) is 1. The van der Waals surface area contributed by atoms with Crippen molar-refractivity contribution in [2.45, 2.75) is 32.7 Å². The lowest BCUT2D eigenvalue weighted by Crippen LogP contribution is -2.46. The first kappa shape index (κ1) is 13.5. The van der Waals surface area contributed by atoms with Crippen LogP contribution in [0.25, 0.3) is 0 Å². The van der Waals surface area contributed by atoms with Crippen molar-refractivity contribution in [1.29, 1.82) is 0 Å². The highest BCUT2D eigenvalue weighted by atomic mass is 16.5. The first-order valence-electron chi connectivity index (χ1n) is 6.27. The molecule has 0 bridgehead atoms. The van der Waals surface area contributed by atoms with E-state index in [9.17, 15) is 4.79 Å². The molecule has 1 aliphatic carbocycles. The molecule has 0 amide bonds. The van der Waals surface area contributed by atoms with E-state index >= 15 is 0 Å². The summed E-state index contributed by atoms with van der Waals surface area (Å²) in [4.78, 5) is 13.9. The Bertz CT molecular complexity index is 217. The van der Waals surface area contributed by atoms with E-state index in [0.29, 0.717) is 6.61 Å². The Hall–Kier alpha value is -0.610. The first-order chi connectivity index (χ1) is 7.71. The standard InChI is InChI=1S/C12H24N2O2/c1-4-14(8-10-6-7-10)9-11(13-3)12(15)16-5-2/h10-11,13H,4-9H2,1-3H3. The second-order valence-corrected chi connectivity index (χ2v) is 4.39. The maximum absolute atomic E-state index is 11.6. The molecule has 0 radical (unpaired) electrons. The van der Waals surface area contributed by atoms with Crippen molar-refractivity contribution in [3.8, 4) is 0 Å². The molecule has 4 nitrogen and oxygen atoms in total. The van der Waals surface area contributed by atoms with Gasteiger partial charge in [0.1, 0.15) is 6.04 Å². The molecule has 1 rings (SSSR count). The molecule has 0 aromatic rings. The van der Waals surface area contributed by atoms with Crippen LogP contribution in [0.4, 0.5) is 0 Å². The van der Waals surface area contributed by atoms with E-state index in [2.05, 4.69) is 17.1 Å². The summed E-state index contributed by atoms with van der Waals surface area (Å²) in [6, 6.07) is -0.196. The molecule has 0 aliphatic heterocycles. The van der Waals surface area contributed by atoms with Crippen molar-refractivity contribution in [2.24, 2.45) is 5.92 Å². The molecule has 16 heavy (non-hydrogen) atoms. The van der Waals surface area contributed by atoms with Crippen molar-refractivity contribution in [2.75, 3.05) is 33.3 Å². The summed E-state index contributed by atoms with van der Waals surface area (Å²) in [5.74, 6) is 0.721. The number of carbonyl (C=O) groups excluding carboxylic acids is 1. The molecule has 94 valence electrons. The summed E-state index contributed by atoms with van der Waals surface area (Å²) in [7, 11) is 1.81. The largest absolute Gasteiger partial charge is 0.465 e. The van der Waals surface area contributed by atoms with Crippen LogP contribution < -0.4 is 5.32 Å². The Kier molecular flexibility index (Phi) is 5.77. The Morgan fingerprint density at radius 2 is 2.19 bits per heavy atom. The number of carbonyl (C=O) groups is 1. The second kappa shape index (κ2) is 6.86. The minimum Gasteiger partial charge on any atom is -0.465 e. The fraction of sp³-hybridized carbons (Fsp3) is 0.917. The molecule has 0 heterocycles. The highest BCUT2D eigenvalue weighted by Gasteiger charge is 2.26. The van der Waals surface area contributed by atoms with Crippen LogP contribution >= 0.6 is 0 Å². The van der Waals surface area contributed by atoms with Gasteiger partial charge < -0.3 is 15.0 Å². The summed E-state index contributed by atoms with van der Waals surface area (Å²) in [6.07, 6.45) is 2.69. The molecule has 1 unspecified atom stereocenters. The van der Waals surface area contributed by atoms with Crippen LogP contribution in [0.1, 0.15) is 26.7 Å². The topological polar surface area (TPSA) is 41.6 Å². The summed E-state index contributed by atoms with van der Waals surface area (Å²) in [5, 5.41) is 3.03. The Morgan fingerprint density at radius 3 is 2.62 bits per heavy atom. The SMILES string of the molecule is CCOC(=O)C(CN(CC)CC1CC1)NC. The highest BCUT2D eigenvalue weighted by molar-refractivity contribution is 5.76. The zero-order valence-electron chi connectivity index (χ0n) is 10.7. The quantitative estimate of drug-likeness (QED) is 0.626. The van der Waals surface area contributed by atoms with E-state index in [-0.39, 0.29) is 12.0 Å². The highest BCUT2D eigenvalue weighted by Crippen LogP contribution is 2.29. The number of nitrogens with zero attached hydrogens (tertiary/aromatic N) is 1. The van der Waals surface area contributed by atoms with Crippen LogP contribution in [0.5, 0.6) is 0 Å². The molecule has 0 spiro atoms. The number of hydrogen-bond acceptors (Lipinski definition) is 4. The molecule has 0 aromatic heterocycles. The summed E-state index contributed by atoms with van der Waals surface area (Å²) in [6.45, 7) is 7.29. The van der Waals surface area contributed by atoms with Gasteiger partial charge in [0, 0.05) is 13.1 Å². The van der Waals surface area contributed by atoms with Crippen molar-refractivity contribution in [3.05, 3.63) is 0 Å². The zero-order chi connectivity index (χ0) is 12.0. The Labute approximate surface area is 98.3 Å². The lowest BCUT2D eigenvalue weighted by Gasteiger charge is -2.24. The van der Waals surface area contributed by atoms with Crippen LogP contribution in [0.15, 0.2) is 0 Å². The summed E-state index contributed by atoms with van der Waals surface area (Å²) >= 11 is 0. The van der Waals surface area contributed by atoms with Gasteiger partial charge in [0.05, 0.1) is 6.61 Å². The van der Waals surface area contributed by atoms with E-state index < -0.39 is 0 Å². The van der Waals surface area contributed by atoms with E-state index in [1.165, 1.54) is 12.8 Å². The molecule has 1 saturated carbocycles.